The van der Waals surface area contributed by atoms with E-state index in [0.29, 0.717) is 5.02 Å². The van der Waals surface area contributed by atoms with Crippen LogP contribution in [0.1, 0.15) is 27.2 Å². The van der Waals surface area contributed by atoms with Crippen molar-refractivity contribution in [1.82, 2.24) is 5.32 Å². The normalized spacial score (nSPS) is 14.1. The molecule has 0 fully saturated rings. The first kappa shape index (κ1) is 14.4. The van der Waals surface area contributed by atoms with E-state index < -0.39 is 0 Å². The summed E-state index contributed by atoms with van der Waals surface area (Å²) in [7, 11) is 0. The molecule has 2 nitrogen and oxygen atoms in total. The number of amides is 1. The molecule has 1 aromatic rings. The topological polar surface area (TPSA) is 29.1 Å². The van der Waals surface area contributed by atoms with Crippen LogP contribution in [0.4, 0.5) is 0 Å². The molecule has 0 aliphatic rings. The van der Waals surface area contributed by atoms with Crippen LogP contribution in [0.25, 0.3) is 0 Å². The lowest BCUT2D eigenvalue weighted by Crippen LogP contribution is -2.37. The van der Waals surface area contributed by atoms with E-state index in [1.165, 1.54) is 0 Å². The second-order valence-corrected chi connectivity index (χ2v) is 5.88. The Hall–Kier alpha value is -0.670. The fraction of sp³-hybridized carbons (Fsp3) is 0.462. The fourth-order valence-electron chi connectivity index (χ4n) is 1.23. The van der Waals surface area contributed by atoms with Gasteiger partial charge in [0.1, 0.15) is 0 Å². The number of benzene rings is 1. The van der Waals surface area contributed by atoms with Crippen LogP contribution in [0, 0.1) is 0 Å². The van der Waals surface area contributed by atoms with Crippen molar-refractivity contribution in [3.05, 3.63) is 29.3 Å². The molecule has 0 aliphatic heterocycles. The number of halogens is 1. The summed E-state index contributed by atoms with van der Waals surface area (Å²) in [6.45, 7) is 5.98. The third kappa shape index (κ3) is 5.00. The van der Waals surface area contributed by atoms with Crippen molar-refractivity contribution in [1.29, 1.82) is 0 Å². The lowest BCUT2D eigenvalue weighted by atomic mass is 10.2. The second-order valence-electron chi connectivity index (χ2n) is 4.03. The van der Waals surface area contributed by atoms with Crippen molar-refractivity contribution in [2.24, 2.45) is 0 Å². The molecule has 0 radical (unpaired) electrons. The first-order valence-electron chi connectivity index (χ1n) is 5.75. The molecule has 4 heteroatoms. The van der Waals surface area contributed by atoms with Gasteiger partial charge in [0.05, 0.1) is 5.25 Å². The Kier molecular flexibility index (Phi) is 5.86. The zero-order valence-electron chi connectivity index (χ0n) is 10.4. The lowest BCUT2D eigenvalue weighted by Gasteiger charge is -2.15. The summed E-state index contributed by atoms with van der Waals surface area (Å²) in [5.74, 6) is 0.0827. The number of nitrogens with one attached hydrogen (secondary N) is 1. The van der Waals surface area contributed by atoms with Crippen molar-refractivity contribution >= 4 is 29.3 Å². The standard InChI is InChI=1S/C13H18ClNOS/c1-4-9(2)15-13(16)10(3)17-12-7-5-11(14)6-8-12/h5-10H,4H2,1-3H3,(H,15,16)/t9-,10-/m1/s1. The summed E-state index contributed by atoms with van der Waals surface area (Å²) in [5, 5.41) is 3.60. The Labute approximate surface area is 112 Å². The molecule has 1 N–H and O–H groups in total. The highest BCUT2D eigenvalue weighted by molar-refractivity contribution is 8.00. The Morgan fingerprint density at radius 3 is 2.47 bits per heavy atom. The molecule has 0 aromatic heterocycles. The van der Waals surface area contributed by atoms with Crippen molar-refractivity contribution in [2.45, 2.75) is 43.4 Å². The van der Waals surface area contributed by atoms with E-state index in [4.69, 9.17) is 11.6 Å². The smallest absolute Gasteiger partial charge is 0.233 e. The van der Waals surface area contributed by atoms with Crippen LogP contribution >= 0.6 is 23.4 Å². The minimum absolute atomic E-state index is 0.0827. The van der Waals surface area contributed by atoms with Gasteiger partial charge in [0.15, 0.2) is 0 Å². The summed E-state index contributed by atoms with van der Waals surface area (Å²) < 4.78 is 0. The van der Waals surface area contributed by atoms with Gasteiger partial charge < -0.3 is 5.32 Å². The van der Waals surface area contributed by atoms with E-state index in [2.05, 4.69) is 12.2 Å². The minimum Gasteiger partial charge on any atom is -0.353 e. The van der Waals surface area contributed by atoms with Crippen molar-refractivity contribution < 1.29 is 4.79 Å². The first-order valence-corrected chi connectivity index (χ1v) is 7.01. The van der Waals surface area contributed by atoms with Gasteiger partial charge in [-0.15, -0.1) is 11.8 Å². The van der Waals surface area contributed by atoms with E-state index in [0.717, 1.165) is 11.3 Å². The average Bonchev–Trinajstić information content (AvgIpc) is 2.31. The Bertz CT molecular complexity index is 366. The predicted octanol–water partition coefficient (Wildman–Crippen LogP) is 3.74. The number of rotatable bonds is 5. The molecule has 0 spiro atoms. The number of hydrogen-bond donors (Lipinski definition) is 1. The zero-order chi connectivity index (χ0) is 12.8. The predicted molar refractivity (Wildman–Crippen MR) is 74.7 cm³/mol. The highest BCUT2D eigenvalue weighted by atomic mass is 35.5. The highest BCUT2D eigenvalue weighted by Gasteiger charge is 2.15. The third-order valence-corrected chi connectivity index (χ3v) is 3.86. The van der Waals surface area contributed by atoms with Crippen LogP contribution in [0.15, 0.2) is 29.2 Å². The monoisotopic (exact) mass is 271 g/mol. The second kappa shape index (κ2) is 6.92. The Morgan fingerprint density at radius 1 is 1.35 bits per heavy atom. The Balaban J connectivity index is 2.51. The molecule has 94 valence electrons. The molecule has 0 unspecified atom stereocenters. The van der Waals surface area contributed by atoms with Crippen molar-refractivity contribution in [3.8, 4) is 0 Å². The maximum atomic E-state index is 11.8. The summed E-state index contributed by atoms with van der Waals surface area (Å²) >= 11 is 7.35. The molecule has 1 amide bonds. The fourth-order valence-corrected chi connectivity index (χ4v) is 2.24. The van der Waals surface area contributed by atoms with Gasteiger partial charge in [0, 0.05) is 16.0 Å². The van der Waals surface area contributed by atoms with Gasteiger partial charge in [-0.3, -0.25) is 4.79 Å². The highest BCUT2D eigenvalue weighted by Crippen LogP contribution is 2.24. The van der Waals surface area contributed by atoms with Crippen molar-refractivity contribution in [3.63, 3.8) is 0 Å². The van der Waals surface area contributed by atoms with Gasteiger partial charge in [0.2, 0.25) is 5.91 Å². The minimum atomic E-state index is -0.0924. The maximum absolute atomic E-state index is 11.8. The number of carbonyl (C=O) groups excluding carboxylic acids is 1. The zero-order valence-corrected chi connectivity index (χ0v) is 11.9. The molecule has 1 rings (SSSR count). The largest absolute Gasteiger partial charge is 0.353 e. The maximum Gasteiger partial charge on any atom is 0.233 e. The van der Waals surface area contributed by atoms with E-state index in [9.17, 15) is 4.79 Å². The summed E-state index contributed by atoms with van der Waals surface area (Å²) in [6.07, 6.45) is 0.948. The van der Waals surface area contributed by atoms with Gasteiger partial charge in [-0.1, -0.05) is 18.5 Å². The Morgan fingerprint density at radius 2 is 1.94 bits per heavy atom. The molecule has 0 saturated heterocycles. The summed E-state index contributed by atoms with van der Waals surface area (Å²) in [5.41, 5.74) is 0. The average molecular weight is 272 g/mol. The molecule has 0 heterocycles. The quantitative estimate of drug-likeness (QED) is 0.827. The number of thioether (sulfide) groups is 1. The van der Waals surface area contributed by atoms with E-state index in [-0.39, 0.29) is 17.2 Å². The number of hydrogen-bond acceptors (Lipinski definition) is 2. The van der Waals surface area contributed by atoms with Gasteiger partial charge in [-0.05, 0) is 44.5 Å². The van der Waals surface area contributed by atoms with Crippen LogP contribution in [0.2, 0.25) is 5.02 Å². The molecule has 0 saturated carbocycles. The molecule has 17 heavy (non-hydrogen) atoms. The third-order valence-electron chi connectivity index (χ3n) is 2.50. The van der Waals surface area contributed by atoms with E-state index >= 15 is 0 Å². The van der Waals surface area contributed by atoms with Crippen LogP contribution in [0.3, 0.4) is 0 Å². The molecule has 2 atom stereocenters. The SMILES string of the molecule is CC[C@@H](C)NC(=O)[C@@H](C)Sc1ccc(Cl)cc1. The van der Waals surface area contributed by atoms with Crippen LogP contribution < -0.4 is 5.32 Å². The molecule has 0 bridgehead atoms. The van der Waals surface area contributed by atoms with Gasteiger partial charge in [-0.25, -0.2) is 0 Å². The molecule has 1 aromatic carbocycles. The number of carbonyl (C=O) groups is 1. The van der Waals surface area contributed by atoms with Gasteiger partial charge in [-0.2, -0.15) is 0 Å². The van der Waals surface area contributed by atoms with Gasteiger partial charge in [0.25, 0.3) is 0 Å². The van der Waals surface area contributed by atoms with E-state index in [1.54, 1.807) is 11.8 Å². The van der Waals surface area contributed by atoms with Crippen molar-refractivity contribution in [2.75, 3.05) is 0 Å². The summed E-state index contributed by atoms with van der Waals surface area (Å²) in [6, 6.07) is 7.77. The molecular formula is C13H18ClNOS. The lowest BCUT2D eigenvalue weighted by molar-refractivity contribution is -0.120. The molecular weight excluding hydrogens is 254 g/mol. The first-order chi connectivity index (χ1) is 8.02. The van der Waals surface area contributed by atoms with E-state index in [1.807, 2.05) is 38.1 Å². The van der Waals surface area contributed by atoms with Crippen LogP contribution in [-0.4, -0.2) is 17.2 Å². The summed E-state index contributed by atoms with van der Waals surface area (Å²) in [4.78, 5) is 12.9. The van der Waals surface area contributed by atoms with Gasteiger partial charge >= 0.3 is 0 Å². The molecule has 0 aliphatic carbocycles. The van der Waals surface area contributed by atoms with Crippen LogP contribution in [-0.2, 0) is 4.79 Å². The van der Waals surface area contributed by atoms with Crippen LogP contribution in [0.5, 0.6) is 0 Å².